The number of aliphatic hydroxyl groups is 1. The smallest absolute Gasteiger partial charge is 0.295 e. The average Bonchev–Trinajstić information content (AvgIpc) is 3.01. The summed E-state index contributed by atoms with van der Waals surface area (Å²) < 4.78 is 10.9. The van der Waals surface area contributed by atoms with E-state index in [4.69, 9.17) is 9.47 Å². The zero-order valence-electron chi connectivity index (χ0n) is 19.3. The summed E-state index contributed by atoms with van der Waals surface area (Å²) >= 11 is 0. The molecular formula is C26H31NO5. The van der Waals surface area contributed by atoms with E-state index in [1.807, 2.05) is 44.2 Å². The summed E-state index contributed by atoms with van der Waals surface area (Å²) in [6.07, 6.45) is 0. The van der Waals surface area contributed by atoms with Crippen LogP contribution in [-0.2, 0) is 14.3 Å². The summed E-state index contributed by atoms with van der Waals surface area (Å²) in [4.78, 5) is 27.3. The molecule has 0 saturated carbocycles. The molecule has 0 spiro atoms. The largest absolute Gasteiger partial charge is 0.507 e. The predicted molar refractivity (Wildman–Crippen MR) is 124 cm³/mol. The predicted octanol–water partition coefficient (Wildman–Crippen LogP) is 4.41. The molecule has 1 fully saturated rings. The van der Waals surface area contributed by atoms with E-state index >= 15 is 0 Å². The molecule has 2 aromatic rings. The molecule has 32 heavy (non-hydrogen) atoms. The van der Waals surface area contributed by atoms with Gasteiger partial charge in [-0.15, -0.1) is 0 Å². The van der Waals surface area contributed by atoms with Gasteiger partial charge in [0.2, 0.25) is 0 Å². The Labute approximate surface area is 189 Å². The van der Waals surface area contributed by atoms with Crippen molar-refractivity contribution in [1.82, 2.24) is 4.90 Å². The fourth-order valence-corrected chi connectivity index (χ4v) is 3.80. The third kappa shape index (κ3) is 4.86. The lowest BCUT2D eigenvalue weighted by atomic mass is 9.93. The number of carbonyl (C=O) groups is 2. The maximum atomic E-state index is 13.0. The molecule has 170 valence electrons. The zero-order chi connectivity index (χ0) is 23.4. The minimum absolute atomic E-state index is 0.0916. The Morgan fingerprint density at radius 2 is 1.78 bits per heavy atom. The highest BCUT2D eigenvalue weighted by Gasteiger charge is 2.45. The molecule has 0 radical (unpaired) electrons. The molecule has 2 aromatic carbocycles. The van der Waals surface area contributed by atoms with Crippen molar-refractivity contribution in [3.63, 3.8) is 0 Å². The van der Waals surface area contributed by atoms with Gasteiger partial charge < -0.3 is 19.5 Å². The van der Waals surface area contributed by atoms with E-state index in [2.05, 4.69) is 13.8 Å². The number of nitrogens with zero attached hydrogens (tertiary/aromatic N) is 1. The van der Waals surface area contributed by atoms with Crippen molar-refractivity contribution in [2.75, 3.05) is 26.9 Å². The van der Waals surface area contributed by atoms with Crippen LogP contribution in [0, 0.1) is 19.8 Å². The van der Waals surface area contributed by atoms with E-state index in [1.165, 1.54) is 4.90 Å². The monoisotopic (exact) mass is 437 g/mol. The lowest BCUT2D eigenvalue weighted by Crippen LogP contribution is -2.32. The molecule has 1 aliphatic heterocycles. The number of Topliss-reactive ketones (excluding diaryl/α,β-unsaturated/α-hetero) is 1. The Morgan fingerprint density at radius 3 is 2.38 bits per heavy atom. The normalized spacial score (nSPS) is 17.9. The molecule has 1 amide bonds. The Hall–Kier alpha value is -3.12. The van der Waals surface area contributed by atoms with Crippen LogP contribution in [0.25, 0.3) is 5.76 Å². The molecule has 1 N–H and O–H groups in total. The van der Waals surface area contributed by atoms with Crippen LogP contribution >= 0.6 is 0 Å². The van der Waals surface area contributed by atoms with Crippen molar-refractivity contribution in [3.05, 3.63) is 70.3 Å². The summed E-state index contributed by atoms with van der Waals surface area (Å²) in [5, 5.41) is 11.2. The van der Waals surface area contributed by atoms with Crippen molar-refractivity contribution in [2.45, 2.75) is 33.7 Å². The SMILES string of the molecule is COCCN1C(=O)C(=O)C(=C(O)c2ccc(OCC(C)C)cc2C)[C@H]1c1ccc(C)cc1. The zero-order valence-corrected chi connectivity index (χ0v) is 19.3. The first kappa shape index (κ1) is 23.5. The number of likely N-dealkylation sites (tertiary alicyclic amines) is 1. The maximum Gasteiger partial charge on any atom is 0.295 e. The Bertz CT molecular complexity index is 1020. The topological polar surface area (TPSA) is 76.1 Å². The van der Waals surface area contributed by atoms with E-state index in [9.17, 15) is 14.7 Å². The van der Waals surface area contributed by atoms with E-state index in [1.54, 1.807) is 19.2 Å². The standard InChI is InChI=1S/C26H31NO5/c1-16(2)15-32-20-10-11-21(18(4)14-20)24(28)22-23(19-8-6-17(3)7-9-19)27(12-13-31-5)26(30)25(22)29/h6-11,14,16,23,28H,12-13,15H2,1-5H3/t23-/m1/s1. The van der Waals surface area contributed by atoms with Gasteiger partial charge in [0.15, 0.2) is 0 Å². The highest BCUT2D eigenvalue weighted by molar-refractivity contribution is 6.46. The van der Waals surface area contributed by atoms with Crippen LogP contribution < -0.4 is 4.74 Å². The molecule has 0 aromatic heterocycles. The molecule has 1 saturated heterocycles. The number of ether oxygens (including phenoxy) is 2. The first-order valence-corrected chi connectivity index (χ1v) is 10.8. The van der Waals surface area contributed by atoms with E-state index in [0.717, 1.165) is 16.7 Å². The number of benzene rings is 2. The highest BCUT2D eigenvalue weighted by Crippen LogP contribution is 2.40. The van der Waals surface area contributed by atoms with Crippen molar-refractivity contribution >= 4 is 17.4 Å². The van der Waals surface area contributed by atoms with Crippen molar-refractivity contribution in [3.8, 4) is 5.75 Å². The average molecular weight is 438 g/mol. The highest BCUT2D eigenvalue weighted by atomic mass is 16.5. The minimum Gasteiger partial charge on any atom is -0.507 e. The summed E-state index contributed by atoms with van der Waals surface area (Å²) in [6, 6.07) is 12.3. The summed E-state index contributed by atoms with van der Waals surface area (Å²) in [6.45, 7) is 9.08. The Kier molecular flexibility index (Phi) is 7.36. The first-order chi connectivity index (χ1) is 15.2. The second-order valence-electron chi connectivity index (χ2n) is 8.58. The van der Waals surface area contributed by atoms with Crippen LogP contribution in [0.15, 0.2) is 48.0 Å². The summed E-state index contributed by atoms with van der Waals surface area (Å²) in [5.74, 6) is -0.418. The molecular weight excluding hydrogens is 406 g/mol. The van der Waals surface area contributed by atoms with Gasteiger partial charge in [-0.25, -0.2) is 0 Å². The number of aliphatic hydroxyl groups excluding tert-OH is 1. The lowest BCUT2D eigenvalue weighted by Gasteiger charge is -2.25. The number of methoxy groups -OCH3 is 1. The number of carbonyl (C=O) groups excluding carboxylic acids is 2. The fourth-order valence-electron chi connectivity index (χ4n) is 3.80. The van der Waals surface area contributed by atoms with Gasteiger partial charge in [-0.3, -0.25) is 9.59 Å². The Balaban J connectivity index is 2.07. The fraction of sp³-hybridized carbons (Fsp3) is 0.385. The number of aryl methyl sites for hydroxylation is 2. The van der Waals surface area contributed by atoms with Gasteiger partial charge in [-0.05, 0) is 49.1 Å². The molecule has 1 atom stereocenters. The van der Waals surface area contributed by atoms with Gasteiger partial charge in [-0.2, -0.15) is 0 Å². The Morgan fingerprint density at radius 1 is 1.09 bits per heavy atom. The first-order valence-electron chi connectivity index (χ1n) is 10.8. The second kappa shape index (κ2) is 10.0. The summed E-state index contributed by atoms with van der Waals surface area (Å²) in [5.41, 5.74) is 3.18. The van der Waals surface area contributed by atoms with Crippen molar-refractivity contribution in [1.29, 1.82) is 0 Å². The number of hydrogen-bond acceptors (Lipinski definition) is 5. The van der Waals surface area contributed by atoms with E-state index in [0.29, 0.717) is 23.8 Å². The quantitative estimate of drug-likeness (QED) is 0.376. The van der Waals surface area contributed by atoms with Crippen LogP contribution in [0.4, 0.5) is 0 Å². The molecule has 0 aliphatic carbocycles. The van der Waals surface area contributed by atoms with Crippen LogP contribution in [-0.4, -0.2) is 48.6 Å². The van der Waals surface area contributed by atoms with Crippen molar-refractivity contribution in [2.24, 2.45) is 5.92 Å². The molecule has 0 unspecified atom stereocenters. The molecule has 1 aliphatic rings. The molecule has 6 nitrogen and oxygen atoms in total. The maximum absolute atomic E-state index is 13.0. The number of rotatable bonds is 8. The third-order valence-electron chi connectivity index (χ3n) is 5.51. The van der Waals surface area contributed by atoms with Crippen LogP contribution in [0.5, 0.6) is 5.75 Å². The van der Waals surface area contributed by atoms with E-state index in [-0.39, 0.29) is 24.5 Å². The number of amides is 1. The van der Waals surface area contributed by atoms with Gasteiger partial charge in [0.1, 0.15) is 11.5 Å². The van der Waals surface area contributed by atoms with Crippen LogP contribution in [0.1, 0.15) is 42.1 Å². The van der Waals surface area contributed by atoms with Gasteiger partial charge in [-0.1, -0.05) is 43.7 Å². The number of hydrogen-bond donors (Lipinski definition) is 1. The van der Waals surface area contributed by atoms with Crippen molar-refractivity contribution < 1.29 is 24.2 Å². The third-order valence-corrected chi connectivity index (χ3v) is 5.51. The van der Waals surface area contributed by atoms with Gasteiger partial charge >= 0.3 is 0 Å². The second-order valence-corrected chi connectivity index (χ2v) is 8.58. The molecule has 6 heteroatoms. The number of ketones is 1. The van der Waals surface area contributed by atoms with Gasteiger partial charge in [0.25, 0.3) is 11.7 Å². The van der Waals surface area contributed by atoms with Gasteiger partial charge in [0, 0.05) is 19.2 Å². The van der Waals surface area contributed by atoms with Gasteiger partial charge in [0.05, 0.1) is 24.8 Å². The molecule has 1 heterocycles. The summed E-state index contributed by atoms with van der Waals surface area (Å²) in [7, 11) is 1.55. The van der Waals surface area contributed by atoms with Crippen LogP contribution in [0.2, 0.25) is 0 Å². The minimum atomic E-state index is -0.691. The lowest BCUT2D eigenvalue weighted by molar-refractivity contribution is -0.140. The molecule has 0 bridgehead atoms. The molecule has 3 rings (SSSR count). The van der Waals surface area contributed by atoms with E-state index < -0.39 is 17.7 Å². The van der Waals surface area contributed by atoms with Crippen LogP contribution in [0.3, 0.4) is 0 Å².